The van der Waals surface area contributed by atoms with Crippen LogP contribution < -0.4 is 4.74 Å². The van der Waals surface area contributed by atoms with Crippen molar-refractivity contribution in [2.24, 2.45) is 11.3 Å². The molecule has 0 bridgehead atoms. The Morgan fingerprint density at radius 3 is 2.50 bits per heavy atom. The lowest BCUT2D eigenvalue weighted by Gasteiger charge is -2.42. The smallest absolute Gasteiger partial charge is 0.309 e. The molecule has 0 aromatic heterocycles. The van der Waals surface area contributed by atoms with Crippen LogP contribution in [0.15, 0.2) is 24.3 Å². The largest absolute Gasteiger partial charge is 0.493 e. The molecule has 2 fully saturated rings. The number of aliphatic carboxylic acids is 1. The molecule has 2 unspecified atom stereocenters. The lowest BCUT2D eigenvalue weighted by Crippen LogP contribution is -2.51. The van der Waals surface area contributed by atoms with Crippen LogP contribution in [0.4, 0.5) is 0 Å². The van der Waals surface area contributed by atoms with Gasteiger partial charge in [-0.2, -0.15) is 0 Å². The van der Waals surface area contributed by atoms with E-state index in [2.05, 4.69) is 35.9 Å². The summed E-state index contributed by atoms with van der Waals surface area (Å²) in [5.74, 6) is 1.01. The molecular formula is C28H44N2O4. The van der Waals surface area contributed by atoms with Gasteiger partial charge in [-0.1, -0.05) is 31.5 Å². The zero-order valence-electron chi connectivity index (χ0n) is 21.6. The lowest BCUT2D eigenvalue weighted by molar-refractivity contribution is -0.147. The lowest BCUT2D eigenvalue weighted by atomic mass is 9.84. The summed E-state index contributed by atoms with van der Waals surface area (Å²) in [4.78, 5) is 29.3. The van der Waals surface area contributed by atoms with Crippen molar-refractivity contribution in [1.82, 2.24) is 9.80 Å². The third kappa shape index (κ3) is 6.53. The van der Waals surface area contributed by atoms with E-state index in [0.29, 0.717) is 37.3 Å². The van der Waals surface area contributed by atoms with Crippen LogP contribution >= 0.6 is 0 Å². The summed E-state index contributed by atoms with van der Waals surface area (Å²) in [5.41, 5.74) is 0.485. The maximum absolute atomic E-state index is 13.4. The minimum Gasteiger partial charge on any atom is -0.493 e. The van der Waals surface area contributed by atoms with E-state index in [1.165, 1.54) is 5.56 Å². The van der Waals surface area contributed by atoms with Crippen LogP contribution in [0.3, 0.4) is 0 Å². The average Bonchev–Trinajstić information content (AvgIpc) is 2.83. The molecule has 2 aliphatic heterocycles. The Morgan fingerprint density at radius 2 is 1.82 bits per heavy atom. The molecule has 1 amide bonds. The van der Waals surface area contributed by atoms with E-state index in [4.69, 9.17) is 4.74 Å². The van der Waals surface area contributed by atoms with E-state index in [-0.39, 0.29) is 5.92 Å². The van der Waals surface area contributed by atoms with Gasteiger partial charge >= 0.3 is 5.97 Å². The number of carboxylic acids is 1. The Bertz CT molecular complexity index is 816. The molecule has 190 valence electrons. The van der Waals surface area contributed by atoms with Crippen LogP contribution in [0.25, 0.3) is 0 Å². The van der Waals surface area contributed by atoms with Crippen molar-refractivity contribution in [2.45, 2.75) is 84.1 Å². The normalized spacial score (nSPS) is 22.5. The standard InChI is InChI=1S/C28H44N2O4/c1-5-10-24-23(12-8-17-29(24)4)26(31)30-18-14-21(15-19-30)22-11-6-7-13-25(22)34-20-9-16-28(2,3)27(32)33/h6-7,11,13,21,23-24H,5,8-10,12,14-20H2,1-4H3,(H,32,33). The summed E-state index contributed by atoms with van der Waals surface area (Å²) in [7, 11) is 2.17. The van der Waals surface area contributed by atoms with E-state index >= 15 is 0 Å². The molecule has 6 nitrogen and oxygen atoms in total. The van der Waals surface area contributed by atoms with Gasteiger partial charge in [-0.3, -0.25) is 9.59 Å². The van der Waals surface area contributed by atoms with Crippen molar-refractivity contribution in [3.63, 3.8) is 0 Å². The second-order valence-corrected chi connectivity index (χ2v) is 10.9. The molecule has 1 aromatic carbocycles. The number of piperidine rings is 2. The van der Waals surface area contributed by atoms with Crippen molar-refractivity contribution in [1.29, 1.82) is 0 Å². The molecule has 2 saturated heterocycles. The molecule has 2 heterocycles. The van der Waals surface area contributed by atoms with Crippen LogP contribution in [-0.4, -0.2) is 66.1 Å². The fourth-order valence-electron chi connectivity index (χ4n) is 5.63. The number of para-hydroxylation sites is 1. The Labute approximate surface area is 205 Å². The second kappa shape index (κ2) is 12.1. The van der Waals surface area contributed by atoms with Gasteiger partial charge in [0.1, 0.15) is 5.75 Å². The van der Waals surface area contributed by atoms with Crippen LogP contribution in [0, 0.1) is 11.3 Å². The summed E-state index contributed by atoms with van der Waals surface area (Å²) in [6, 6.07) is 8.59. The first-order chi connectivity index (χ1) is 16.2. The van der Waals surface area contributed by atoms with Gasteiger partial charge in [0.2, 0.25) is 5.91 Å². The van der Waals surface area contributed by atoms with Gasteiger partial charge in [0.15, 0.2) is 0 Å². The van der Waals surface area contributed by atoms with Crippen molar-refractivity contribution in [2.75, 3.05) is 33.3 Å². The number of carbonyl (C=O) groups is 2. The molecule has 1 aromatic rings. The number of carboxylic acid groups (broad SMARTS) is 1. The fourth-order valence-corrected chi connectivity index (χ4v) is 5.63. The van der Waals surface area contributed by atoms with Gasteiger partial charge in [-0.15, -0.1) is 0 Å². The predicted molar refractivity (Wildman–Crippen MR) is 135 cm³/mol. The molecule has 1 N–H and O–H groups in total. The highest BCUT2D eigenvalue weighted by atomic mass is 16.5. The van der Waals surface area contributed by atoms with Crippen LogP contribution in [-0.2, 0) is 9.59 Å². The minimum absolute atomic E-state index is 0.140. The average molecular weight is 473 g/mol. The summed E-state index contributed by atoms with van der Waals surface area (Å²) in [6.45, 7) is 8.96. The number of ether oxygens (including phenoxy) is 1. The van der Waals surface area contributed by atoms with Crippen molar-refractivity contribution in [3.8, 4) is 5.75 Å². The predicted octanol–water partition coefficient (Wildman–Crippen LogP) is 5.17. The molecule has 2 atom stereocenters. The maximum Gasteiger partial charge on any atom is 0.309 e. The number of hydrogen-bond donors (Lipinski definition) is 1. The Kier molecular flexibility index (Phi) is 9.40. The number of rotatable bonds is 10. The number of carbonyl (C=O) groups excluding carboxylic acids is 1. The SMILES string of the molecule is CCCC1C(C(=O)N2CCC(c3ccccc3OCCCC(C)(C)C(=O)O)CC2)CCCN1C. The first kappa shape index (κ1) is 26.5. The molecule has 2 aliphatic rings. The summed E-state index contributed by atoms with van der Waals surface area (Å²) in [6.07, 6.45) is 7.54. The van der Waals surface area contributed by atoms with Crippen LogP contribution in [0.5, 0.6) is 5.75 Å². The molecule has 3 rings (SSSR count). The van der Waals surface area contributed by atoms with Crippen LogP contribution in [0.2, 0.25) is 0 Å². The Balaban J connectivity index is 1.55. The van der Waals surface area contributed by atoms with Crippen molar-refractivity contribution >= 4 is 11.9 Å². The monoisotopic (exact) mass is 472 g/mol. The zero-order valence-corrected chi connectivity index (χ0v) is 21.6. The van der Waals surface area contributed by atoms with Crippen molar-refractivity contribution < 1.29 is 19.4 Å². The van der Waals surface area contributed by atoms with E-state index in [1.807, 2.05) is 12.1 Å². The molecule has 0 spiro atoms. The highest BCUT2D eigenvalue weighted by Gasteiger charge is 2.37. The van der Waals surface area contributed by atoms with Gasteiger partial charge in [-0.25, -0.2) is 0 Å². The first-order valence-electron chi connectivity index (χ1n) is 13.2. The molecular weight excluding hydrogens is 428 g/mol. The minimum atomic E-state index is -0.768. The maximum atomic E-state index is 13.4. The van der Waals surface area contributed by atoms with E-state index in [0.717, 1.165) is 63.9 Å². The zero-order chi connectivity index (χ0) is 24.7. The van der Waals surface area contributed by atoms with E-state index in [9.17, 15) is 14.7 Å². The topological polar surface area (TPSA) is 70.1 Å². The molecule has 34 heavy (non-hydrogen) atoms. The highest BCUT2D eigenvalue weighted by molar-refractivity contribution is 5.80. The molecule has 0 saturated carbocycles. The number of likely N-dealkylation sites (tertiary alicyclic amines) is 2. The first-order valence-corrected chi connectivity index (χ1v) is 13.2. The Morgan fingerprint density at radius 1 is 1.12 bits per heavy atom. The van der Waals surface area contributed by atoms with Gasteiger partial charge in [0, 0.05) is 19.1 Å². The van der Waals surface area contributed by atoms with Gasteiger partial charge in [-0.05, 0) is 89.9 Å². The Hall–Kier alpha value is -2.08. The van der Waals surface area contributed by atoms with Gasteiger partial charge in [0.05, 0.1) is 17.9 Å². The van der Waals surface area contributed by atoms with E-state index < -0.39 is 11.4 Å². The highest BCUT2D eigenvalue weighted by Crippen LogP contribution is 2.36. The third-order valence-corrected chi connectivity index (χ3v) is 7.91. The van der Waals surface area contributed by atoms with Crippen molar-refractivity contribution in [3.05, 3.63) is 29.8 Å². The molecule has 6 heteroatoms. The summed E-state index contributed by atoms with van der Waals surface area (Å²) < 4.78 is 6.11. The van der Waals surface area contributed by atoms with E-state index in [1.54, 1.807) is 13.8 Å². The second-order valence-electron chi connectivity index (χ2n) is 10.9. The third-order valence-electron chi connectivity index (χ3n) is 7.91. The molecule has 0 radical (unpaired) electrons. The number of amides is 1. The van der Waals surface area contributed by atoms with Crippen LogP contribution in [0.1, 0.15) is 83.6 Å². The fraction of sp³-hybridized carbons (Fsp3) is 0.714. The summed E-state index contributed by atoms with van der Waals surface area (Å²) >= 11 is 0. The number of nitrogens with zero attached hydrogens (tertiary/aromatic N) is 2. The van der Waals surface area contributed by atoms with Gasteiger partial charge < -0.3 is 19.6 Å². The number of benzene rings is 1. The quantitative estimate of drug-likeness (QED) is 0.476. The number of hydrogen-bond acceptors (Lipinski definition) is 4. The summed E-state index contributed by atoms with van der Waals surface area (Å²) in [5, 5.41) is 9.30. The van der Waals surface area contributed by atoms with Gasteiger partial charge in [0.25, 0.3) is 0 Å². The molecule has 0 aliphatic carbocycles.